The van der Waals surface area contributed by atoms with E-state index in [-0.39, 0.29) is 17.9 Å². The van der Waals surface area contributed by atoms with Gasteiger partial charge in [0.15, 0.2) is 5.96 Å². The SMILES string of the molecule is N=C(N)NCCC[C@H](NC(=O)[C@@H]1CCCN1)C(=O)N[C@H]([C]=O)Cc1ccccc1. The van der Waals surface area contributed by atoms with Gasteiger partial charge >= 0.3 is 0 Å². The number of guanidine groups is 1. The van der Waals surface area contributed by atoms with Gasteiger partial charge in [-0.15, -0.1) is 0 Å². The van der Waals surface area contributed by atoms with E-state index in [0.717, 1.165) is 24.9 Å². The maximum Gasteiger partial charge on any atom is 0.243 e. The number of hydrogen-bond donors (Lipinski definition) is 6. The van der Waals surface area contributed by atoms with Gasteiger partial charge in [-0.25, -0.2) is 0 Å². The van der Waals surface area contributed by atoms with Crippen LogP contribution in [0.5, 0.6) is 0 Å². The third-order valence-electron chi connectivity index (χ3n) is 4.74. The van der Waals surface area contributed by atoms with Crippen LogP contribution in [0.2, 0.25) is 0 Å². The van der Waals surface area contributed by atoms with Gasteiger partial charge in [0.05, 0.1) is 12.1 Å². The lowest BCUT2D eigenvalue weighted by molar-refractivity contribution is -0.130. The molecule has 0 unspecified atom stereocenters. The van der Waals surface area contributed by atoms with Crippen LogP contribution in [0.4, 0.5) is 0 Å². The maximum absolute atomic E-state index is 12.8. The van der Waals surface area contributed by atoms with Crippen LogP contribution in [0.1, 0.15) is 31.2 Å². The van der Waals surface area contributed by atoms with Crippen molar-refractivity contribution in [3.05, 3.63) is 35.9 Å². The minimum absolute atomic E-state index is 0.149. The van der Waals surface area contributed by atoms with Crippen LogP contribution < -0.4 is 27.0 Å². The Morgan fingerprint density at radius 1 is 1.28 bits per heavy atom. The van der Waals surface area contributed by atoms with Crippen LogP contribution in [-0.4, -0.2) is 55.3 Å². The fourth-order valence-corrected chi connectivity index (χ4v) is 3.22. The van der Waals surface area contributed by atoms with Crippen molar-refractivity contribution in [2.45, 2.75) is 50.2 Å². The molecule has 9 heteroatoms. The molecule has 1 aliphatic heterocycles. The zero-order valence-corrected chi connectivity index (χ0v) is 16.4. The van der Waals surface area contributed by atoms with Gasteiger partial charge in [-0.1, -0.05) is 30.3 Å². The minimum Gasteiger partial charge on any atom is -0.370 e. The fraction of sp³-hybridized carbons (Fsp3) is 0.500. The van der Waals surface area contributed by atoms with Gasteiger partial charge in [0.2, 0.25) is 18.1 Å². The molecule has 0 bridgehead atoms. The van der Waals surface area contributed by atoms with E-state index in [4.69, 9.17) is 11.1 Å². The lowest BCUT2D eigenvalue weighted by Crippen LogP contribution is -2.53. The molecule has 157 valence electrons. The van der Waals surface area contributed by atoms with Crippen LogP contribution >= 0.6 is 0 Å². The number of carbonyl (C=O) groups is 2. The number of rotatable bonds is 11. The molecular formula is C20H29N6O3. The Balaban J connectivity index is 1.95. The highest BCUT2D eigenvalue weighted by atomic mass is 16.2. The predicted octanol–water partition coefficient (Wildman–Crippen LogP) is -0.676. The van der Waals surface area contributed by atoms with Crippen LogP contribution in [-0.2, 0) is 20.8 Å². The van der Waals surface area contributed by atoms with Crippen molar-refractivity contribution in [3.8, 4) is 0 Å². The Morgan fingerprint density at radius 2 is 2.03 bits per heavy atom. The van der Waals surface area contributed by atoms with Gasteiger partial charge in [-0.2, -0.15) is 0 Å². The molecule has 1 radical (unpaired) electrons. The average Bonchev–Trinajstić information content (AvgIpc) is 3.25. The summed E-state index contributed by atoms with van der Waals surface area (Å²) in [5.41, 5.74) is 6.17. The Hall–Kier alpha value is -2.94. The summed E-state index contributed by atoms with van der Waals surface area (Å²) in [5, 5.41) is 18.4. The third kappa shape index (κ3) is 7.90. The first-order chi connectivity index (χ1) is 14.0. The molecule has 1 aromatic carbocycles. The van der Waals surface area contributed by atoms with Crippen molar-refractivity contribution in [1.82, 2.24) is 21.3 Å². The second-order valence-corrected chi connectivity index (χ2v) is 7.06. The van der Waals surface area contributed by atoms with Crippen molar-refractivity contribution >= 4 is 24.1 Å². The zero-order chi connectivity index (χ0) is 21.1. The number of amides is 2. The molecule has 1 aromatic rings. The van der Waals surface area contributed by atoms with Crippen molar-refractivity contribution < 1.29 is 14.4 Å². The largest absolute Gasteiger partial charge is 0.370 e. The summed E-state index contributed by atoms with van der Waals surface area (Å²) in [6.45, 7) is 1.18. The first-order valence-corrected chi connectivity index (χ1v) is 9.83. The smallest absolute Gasteiger partial charge is 0.243 e. The van der Waals surface area contributed by atoms with E-state index < -0.39 is 18.0 Å². The van der Waals surface area contributed by atoms with Gasteiger partial charge in [0.1, 0.15) is 6.04 Å². The first kappa shape index (κ1) is 22.4. The number of nitrogens with one attached hydrogen (secondary N) is 5. The Labute approximate surface area is 170 Å². The first-order valence-electron chi connectivity index (χ1n) is 9.83. The average molecular weight is 401 g/mol. The zero-order valence-electron chi connectivity index (χ0n) is 16.4. The third-order valence-corrected chi connectivity index (χ3v) is 4.74. The molecular weight excluding hydrogens is 372 g/mol. The maximum atomic E-state index is 12.8. The molecule has 0 saturated carbocycles. The van der Waals surface area contributed by atoms with Gasteiger partial charge in [-0.3, -0.25) is 19.8 Å². The molecule has 29 heavy (non-hydrogen) atoms. The minimum atomic E-state index is -0.802. The van der Waals surface area contributed by atoms with E-state index in [0.29, 0.717) is 25.8 Å². The monoisotopic (exact) mass is 401 g/mol. The molecule has 1 heterocycles. The number of nitrogens with two attached hydrogens (primary N) is 1. The summed E-state index contributed by atoms with van der Waals surface area (Å²) in [6.07, 6.45) is 4.70. The molecule has 0 aliphatic carbocycles. The molecule has 0 aromatic heterocycles. The highest BCUT2D eigenvalue weighted by molar-refractivity contribution is 5.91. The van der Waals surface area contributed by atoms with Gasteiger partial charge in [0.25, 0.3) is 0 Å². The van der Waals surface area contributed by atoms with Crippen LogP contribution in [0.3, 0.4) is 0 Å². The number of hydrogen-bond acceptors (Lipinski definition) is 5. The molecule has 2 amide bonds. The molecule has 1 aliphatic rings. The summed E-state index contributed by atoms with van der Waals surface area (Å²) in [4.78, 5) is 36.6. The van der Waals surface area contributed by atoms with Crippen molar-refractivity contribution in [3.63, 3.8) is 0 Å². The van der Waals surface area contributed by atoms with E-state index in [1.807, 2.05) is 36.6 Å². The number of benzene rings is 1. The van der Waals surface area contributed by atoms with Gasteiger partial charge < -0.3 is 27.0 Å². The van der Waals surface area contributed by atoms with Crippen molar-refractivity contribution in [2.24, 2.45) is 5.73 Å². The van der Waals surface area contributed by atoms with Crippen molar-refractivity contribution in [2.75, 3.05) is 13.1 Å². The van der Waals surface area contributed by atoms with Crippen LogP contribution in [0, 0.1) is 5.41 Å². The van der Waals surface area contributed by atoms with E-state index in [9.17, 15) is 14.4 Å². The molecule has 1 saturated heterocycles. The molecule has 9 nitrogen and oxygen atoms in total. The molecule has 1 fully saturated rings. The summed E-state index contributed by atoms with van der Waals surface area (Å²) in [6, 6.07) is 7.44. The second-order valence-electron chi connectivity index (χ2n) is 7.06. The summed E-state index contributed by atoms with van der Waals surface area (Å²) in [5.74, 6) is -0.802. The van der Waals surface area contributed by atoms with Crippen LogP contribution in [0.25, 0.3) is 0 Å². The number of carbonyl (C=O) groups excluding carboxylic acids is 3. The molecule has 3 atom stereocenters. The summed E-state index contributed by atoms with van der Waals surface area (Å²) < 4.78 is 0. The highest BCUT2D eigenvalue weighted by Gasteiger charge is 2.28. The highest BCUT2D eigenvalue weighted by Crippen LogP contribution is 2.07. The standard InChI is InChI=1S/C20H29N6O3/c21-20(22)24-11-5-9-17(26-18(28)16-8-4-10-23-16)19(29)25-15(13-27)12-14-6-2-1-3-7-14/h1-3,6-7,15-17,23H,4-5,8-12H2,(H,25,29)(H,26,28)(H4,21,22,24)/t15-,16-,17-/m0/s1. The topological polar surface area (TPSA) is 149 Å². The Kier molecular flexibility index (Phi) is 9.10. The second kappa shape index (κ2) is 11.8. The van der Waals surface area contributed by atoms with Gasteiger partial charge in [0, 0.05) is 13.0 Å². The normalized spacial score (nSPS) is 17.7. The Morgan fingerprint density at radius 3 is 2.66 bits per heavy atom. The molecule has 2 rings (SSSR count). The van der Waals surface area contributed by atoms with E-state index in [2.05, 4.69) is 21.3 Å². The fourth-order valence-electron chi connectivity index (χ4n) is 3.22. The Bertz CT molecular complexity index is 691. The molecule has 7 N–H and O–H groups in total. The van der Waals surface area contributed by atoms with Crippen LogP contribution in [0.15, 0.2) is 30.3 Å². The van der Waals surface area contributed by atoms with E-state index in [1.54, 1.807) is 0 Å². The quantitative estimate of drug-likeness (QED) is 0.164. The van der Waals surface area contributed by atoms with Crippen molar-refractivity contribution in [1.29, 1.82) is 5.41 Å². The van der Waals surface area contributed by atoms with E-state index >= 15 is 0 Å². The van der Waals surface area contributed by atoms with Gasteiger partial charge in [-0.05, 0) is 37.8 Å². The summed E-state index contributed by atoms with van der Waals surface area (Å²) >= 11 is 0. The summed E-state index contributed by atoms with van der Waals surface area (Å²) in [7, 11) is 0. The van der Waals surface area contributed by atoms with E-state index in [1.165, 1.54) is 0 Å². The lowest BCUT2D eigenvalue weighted by atomic mass is 10.1. The lowest BCUT2D eigenvalue weighted by Gasteiger charge is -2.22. The molecule has 0 spiro atoms. The predicted molar refractivity (Wildman–Crippen MR) is 110 cm³/mol.